The van der Waals surface area contributed by atoms with Gasteiger partial charge in [0.1, 0.15) is 11.5 Å². The number of aldehydes is 1. The maximum atomic E-state index is 12.0. The SMILES string of the molecule is CCCCCC(CC)COc1ccc(/C=C/c2cc(C=O)c(/C=C/c3ccc(OCC(CC)CCCCC)cc3)cc2Br)cc1. The van der Waals surface area contributed by atoms with Gasteiger partial charge >= 0.3 is 0 Å². The highest BCUT2D eigenvalue weighted by Crippen LogP contribution is 2.26. The van der Waals surface area contributed by atoms with Crippen LogP contribution in [-0.4, -0.2) is 19.5 Å². The maximum Gasteiger partial charge on any atom is 0.150 e. The highest BCUT2D eigenvalue weighted by Gasteiger charge is 2.09. The molecule has 242 valence electrons. The van der Waals surface area contributed by atoms with Gasteiger partial charge in [0.15, 0.2) is 6.29 Å². The van der Waals surface area contributed by atoms with Crippen LogP contribution in [0.4, 0.5) is 0 Å². The topological polar surface area (TPSA) is 35.5 Å². The van der Waals surface area contributed by atoms with Gasteiger partial charge in [-0.25, -0.2) is 0 Å². The van der Waals surface area contributed by atoms with Gasteiger partial charge in [-0.3, -0.25) is 4.79 Å². The number of rotatable bonds is 21. The zero-order chi connectivity index (χ0) is 32.3. The molecule has 4 heteroatoms. The summed E-state index contributed by atoms with van der Waals surface area (Å²) in [6, 6.07) is 20.3. The lowest BCUT2D eigenvalue weighted by Crippen LogP contribution is -2.11. The number of ether oxygens (including phenoxy) is 2. The number of carbonyl (C=O) groups excluding carboxylic acids is 1. The molecule has 0 aliphatic heterocycles. The number of unbranched alkanes of at least 4 members (excludes halogenated alkanes) is 4. The molecule has 2 atom stereocenters. The van der Waals surface area contributed by atoms with Gasteiger partial charge in [-0.15, -0.1) is 0 Å². The van der Waals surface area contributed by atoms with E-state index in [-0.39, 0.29) is 0 Å². The van der Waals surface area contributed by atoms with Crippen LogP contribution >= 0.6 is 15.9 Å². The Kier molecular flexibility index (Phi) is 16.8. The molecule has 0 aromatic heterocycles. The third kappa shape index (κ3) is 13.0. The van der Waals surface area contributed by atoms with Crippen LogP contribution in [0.5, 0.6) is 11.5 Å². The van der Waals surface area contributed by atoms with E-state index in [0.29, 0.717) is 17.4 Å². The Labute approximate surface area is 281 Å². The molecule has 3 aromatic rings. The summed E-state index contributed by atoms with van der Waals surface area (Å²) in [5.74, 6) is 3.03. The van der Waals surface area contributed by atoms with Crippen LogP contribution in [-0.2, 0) is 0 Å². The Hall–Kier alpha value is -3.11. The molecule has 0 saturated heterocycles. The first-order valence-corrected chi connectivity index (χ1v) is 17.9. The fourth-order valence-corrected chi connectivity index (χ4v) is 5.82. The van der Waals surface area contributed by atoms with E-state index in [1.54, 1.807) is 0 Å². The molecule has 3 rings (SSSR count). The van der Waals surface area contributed by atoms with Crippen molar-refractivity contribution < 1.29 is 14.3 Å². The molecule has 3 aromatic carbocycles. The molecule has 3 nitrogen and oxygen atoms in total. The van der Waals surface area contributed by atoms with E-state index in [1.807, 2.05) is 54.6 Å². The van der Waals surface area contributed by atoms with Crippen molar-refractivity contribution >= 4 is 46.5 Å². The van der Waals surface area contributed by atoms with Crippen molar-refractivity contribution in [3.05, 3.63) is 93.0 Å². The second-order valence-corrected chi connectivity index (χ2v) is 12.9. The Morgan fingerprint density at radius 2 is 1.07 bits per heavy atom. The van der Waals surface area contributed by atoms with Gasteiger partial charge in [0.2, 0.25) is 0 Å². The molecule has 0 bridgehead atoms. The molecule has 0 spiro atoms. The standard InChI is InChI=1S/C41H53BrO3/c1-5-9-11-13-32(7-3)30-44-39-23-17-34(18-24-39)15-21-36-28-41(42)37(27-38(36)29-43)22-16-35-19-25-40(26-20-35)45-31-33(8-4)14-12-10-6-2/h15-29,32-33H,5-14,30-31H2,1-4H3/b21-15+,22-16+. The second kappa shape index (κ2) is 20.8. The zero-order valence-electron chi connectivity index (χ0n) is 27.9. The highest BCUT2D eigenvalue weighted by molar-refractivity contribution is 9.10. The Morgan fingerprint density at radius 1 is 0.600 bits per heavy atom. The van der Waals surface area contributed by atoms with E-state index >= 15 is 0 Å². The molecule has 0 N–H and O–H groups in total. The summed E-state index contributed by atoms with van der Waals surface area (Å²) in [6.45, 7) is 10.5. The molecular weight excluding hydrogens is 620 g/mol. The summed E-state index contributed by atoms with van der Waals surface area (Å²) >= 11 is 3.71. The molecular formula is C41H53BrO3. The smallest absolute Gasteiger partial charge is 0.150 e. The van der Waals surface area contributed by atoms with Crippen molar-refractivity contribution in [3.63, 3.8) is 0 Å². The van der Waals surface area contributed by atoms with Crippen molar-refractivity contribution in [1.29, 1.82) is 0 Å². The summed E-state index contributed by atoms with van der Waals surface area (Å²) in [4.78, 5) is 12.0. The van der Waals surface area contributed by atoms with Crippen LogP contribution in [0.2, 0.25) is 0 Å². The van der Waals surface area contributed by atoms with Gasteiger partial charge in [0, 0.05) is 10.0 Å². The Balaban J connectivity index is 1.57. The number of halogens is 1. The summed E-state index contributed by atoms with van der Waals surface area (Å²) in [5, 5.41) is 0. The molecule has 0 fully saturated rings. The summed E-state index contributed by atoms with van der Waals surface area (Å²) in [7, 11) is 0. The molecule has 0 radical (unpaired) electrons. The van der Waals surface area contributed by atoms with Gasteiger partial charge in [-0.05, 0) is 83.3 Å². The number of hydrogen-bond acceptors (Lipinski definition) is 3. The van der Waals surface area contributed by atoms with Gasteiger partial charge in [0.25, 0.3) is 0 Å². The lowest BCUT2D eigenvalue weighted by atomic mass is 10.00. The van der Waals surface area contributed by atoms with E-state index in [2.05, 4.69) is 74.0 Å². The predicted octanol–water partition coefficient (Wildman–Crippen LogP) is 12.6. The van der Waals surface area contributed by atoms with Crippen LogP contribution in [0.3, 0.4) is 0 Å². The monoisotopic (exact) mass is 672 g/mol. The van der Waals surface area contributed by atoms with E-state index in [0.717, 1.165) is 70.6 Å². The normalized spacial score (nSPS) is 12.9. The summed E-state index contributed by atoms with van der Waals surface area (Å²) < 4.78 is 13.1. The van der Waals surface area contributed by atoms with Crippen molar-refractivity contribution in [2.45, 2.75) is 91.9 Å². The molecule has 0 aliphatic rings. The molecule has 0 heterocycles. The van der Waals surface area contributed by atoms with Gasteiger partial charge in [-0.1, -0.05) is 144 Å². The molecule has 0 saturated carbocycles. The largest absolute Gasteiger partial charge is 0.493 e. The first kappa shape index (κ1) is 36.4. The molecule has 0 amide bonds. The first-order chi connectivity index (χ1) is 22.0. The molecule has 0 aliphatic carbocycles. The van der Waals surface area contributed by atoms with Crippen LogP contribution in [0.25, 0.3) is 24.3 Å². The van der Waals surface area contributed by atoms with Crippen LogP contribution in [0, 0.1) is 11.8 Å². The minimum atomic E-state index is 0.609. The Bertz CT molecular complexity index is 1320. The zero-order valence-corrected chi connectivity index (χ0v) is 29.5. The average Bonchev–Trinajstić information content (AvgIpc) is 3.07. The third-order valence-corrected chi connectivity index (χ3v) is 9.24. The number of benzene rings is 3. The van der Waals surface area contributed by atoms with E-state index in [4.69, 9.17) is 9.47 Å². The van der Waals surface area contributed by atoms with Crippen molar-refractivity contribution in [3.8, 4) is 11.5 Å². The number of carbonyl (C=O) groups is 1. The highest BCUT2D eigenvalue weighted by atomic mass is 79.9. The predicted molar refractivity (Wildman–Crippen MR) is 197 cm³/mol. The quantitative estimate of drug-likeness (QED) is 0.0641. The summed E-state index contributed by atoms with van der Waals surface area (Å²) in [5.41, 5.74) is 4.61. The van der Waals surface area contributed by atoms with E-state index < -0.39 is 0 Å². The number of hydrogen-bond donors (Lipinski definition) is 0. The summed E-state index contributed by atoms with van der Waals surface area (Å²) in [6.07, 6.45) is 21.5. The average molecular weight is 674 g/mol. The fourth-order valence-electron chi connectivity index (χ4n) is 5.32. The maximum absolute atomic E-state index is 12.0. The Morgan fingerprint density at radius 3 is 1.49 bits per heavy atom. The fraction of sp³-hybridized carbons (Fsp3) is 0.439. The molecule has 45 heavy (non-hydrogen) atoms. The van der Waals surface area contributed by atoms with Gasteiger partial charge in [0.05, 0.1) is 13.2 Å². The lowest BCUT2D eigenvalue weighted by molar-refractivity contribution is 0.112. The minimum Gasteiger partial charge on any atom is -0.493 e. The lowest BCUT2D eigenvalue weighted by Gasteiger charge is -2.15. The van der Waals surface area contributed by atoms with E-state index in [9.17, 15) is 4.79 Å². The van der Waals surface area contributed by atoms with Gasteiger partial charge in [-0.2, -0.15) is 0 Å². The third-order valence-electron chi connectivity index (χ3n) is 8.56. The second-order valence-electron chi connectivity index (χ2n) is 12.1. The van der Waals surface area contributed by atoms with Crippen LogP contribution in [0.1, 0.15) is 125 Å². The van der Waals surface area contributed by atoms with Gasteiger partial charge < -0.3 is 9.47 Å². The molecule has 2 unspecified atom stereocenters. The van der Waals surface area contributed by atoms with Crippen molar-refractivity contribution in [2.24, 2.45) is 11.8 Å². The van der Waals surface area contributed by atoms with Crippen molar-refractivity contribution in [2.75, 3.05) is 13.2 Å². The minimum absolute atomic E-state index is 0.609. The van der Waals surface area contributed by atoms with E-state index in [1.165, 1.54) is 51.4 Å². The first-order valence-electron chi connectivity index (χ1n) is 17.1. The van der Waals surface area contributed by atoms with Crippen LogP contribution in [0.15, 0.2) is 65.1 Å². The van der Waals surface area contributed by atoms with Crippen LogP contribution < -0.4 is 9.47 Å². The van der Waals surface area contributed by atoms with Crippen molar-refractivity contribution in [1.82, 2.24) is 0 Å².